The average molecular weight is 254 g/mol. The lowest BCUT2D eigenvalue weighted by atomic mass is 9.73. The lowest BCUT2D eigenvalue weighted by molar-refractivity contribution is 0.183. The van der Waals surface area contributed by atoms with E-state index in [1.54, 1.807) is 6.07 Å². The number of hydrazine groups is 1. The number of nitrogens with two attached hydrogens (primary N) is 1. The van der Waals surface area contributed by atoms with Crippen LogP contribution in [-0.2, 0) is 0 Å². The van der Waals surface area contributed by atoms with Gasteiger partial charge in [-0.15, -0.1) is 0 Å². The second kappa shape index (κ2) is 5.33. The molecule has 0 radical (unpaired) electrons. The van der Waals surface area contributed by atoms with Crippen LogP contribution in [0.3, 0.4) is 0 Å². The maximum absolute atomic E-state index is 13.9. The van der Waals surface area contributed by atoms with Gasteiger partial charge in [-0.1, -0.05) is 31.9 Å². The zero-order chi connectivity index (χ0) is 13.2. The predicted octanol–water partition coefficient (Wildman–Crippen LogP) is 3.44. The topological polar surface area (TPSA) is 38.0 Å². The van der Waals surface area contributed by atoms with Gasteiger partial charge >= 0.3 is 0 Å². The van der Waals surface area contributed by atoms with Gasteiger partial charge in [0.2, 0.25) is 0 Å². The number of nitrogens with one attached hydrogen (secondary N) is 1. The quantitative estimate of drug-likeness (QED) is 0.638. The zero-order valence-electron chi connectivity index (χ0n) is 10.7. The summed E-state index contributed by atoms with van der Waals surface area (Å²) in [6.07, 6.45) is 5.19. The number of halogens is 2. The molecule has 2 rings (SSSR count). The summed E-state index contributed by atoms with van der Waals surface area (Å²) in [6, 6.07) is 3.98. The second-order valence-corrected chi connectivity index (χ2v) is 5.17. The van der Waals surface area contributed by atoms with Crippen molar-refractivity contribution in [3.63, 3.8) is 0 Å². The predicted molar refractivity (Wildman–Crippen MR) is 67.6 cm³/mol. The van der Waals surface area contributed by atoms with Crippen LogP contribution in [0.1, 0.15) is 50.6 Å². The first kappa shape index (κ1) is 13.4. The van der Waals surface area contributed by atoms with E-state index in [1.165, 1.54) is 6.07 Å². The van der Waals surface area contributed by atoms with E-state index < -0.39 is 11.6 Å². The van der Waals surface area contributed by atoms with Crippen molar-refractivity contribution in [3.8, 4) is 0 Å². The fourth-order valence-electron chi connectivity index (χ4n) is 3.27. The van der Waals surface area contributed by atoms with Crippen molar-refractivity contribution in [2.45, 2.75) is 45.1 Å². The van der Waals surface area contributed by atoms with Crippen molar-refractivity contribution in [1.82, 2.24) is 5.43 Å². The molecule has 1 atom stereocenters. The highest BCUT2D eigenvalue weighted by Gasteiger charge is 2.41. The molecule has 0 aromatic heterocycles. The largest absolute Gasteiger partial charge is 0.271 e. The van der Waals surface area contributed by atoms with Crippen molar-refractivity contribution in [3.05, 3.63) is 35.4 Å². The molecular formula is C14H20F2N2. The Morgan fingerprint density at radius 1 is 1.33 bits per heavy atom. The highest BCUT2D eigenvalue weighted by atomic mass is 19.2. The van der Waals surface area contributed by atoms with Gasteiger partial charge in [-0.2, -0.15) is 0 Å². The van der Waals surface area contributed by atoms with Crippen molar-refractivity contribution < 1.29 is 8.78 Å². The highest BCUT2D eigenvalue weighted by molar-refractivity contribution is 5.25. The molecule has 100 valence electrons. The molecule has 1 aromatic rings. The van der Waals surface area contributed by atoms with Crippen LogP contribution in [0.2, 0.25) is 0 Å². The third-order valence-electron chi connectivity index (χ3n) is 4.37. The number of hydrogen-bond acceptors (Lipinski definition) is 2. The SMILES string of the molecule is CCC1(C(NN)c2cccc(F)c2F)CCCC1. The first-order valence-corrected chi connectivity index (χ1v) is 6.54. The zero-order valence-corrected chi connectivity index (χ0v) is 10.7. The molecule has 18 heavy (non-hydrogen) atoms. The van der Waals surface area contributed by atoms with Gasteiger partial charge < -0.3 is 0 Å². The van der Waals surface area contributed by atoms with Crippen LogP contribution >= 0.6 is 0 Å². The fraction of sp³-hybridized carbons (Fsp3) is 0.571. The Hall–Kier alpha value is -1.00. The van der Waals surface area contributed by atoms with Crippen molar-refractivity contribution in [1.29, 1.82) is 0 Å². The minimum atomic E-state index is -0.808. The molecule has 1 unspecified atom stereocenters. The van der Waals surface area contributed by atoms with Gasteiger partial charge in [0.15, 0.2) is 11.6 Å². The lowest BCUT2D eigenvalue weighted by Crippen LogP contribution is -2.40. The van der Waals surface area contributed by atoms with Crippen LogP contribution in [0.15, 0.2) is 18.2 Å². The van der Waals surface area contributed by atoms with Crippen LogP contribution in [0, 0.1) is 17.0 Å². The first-order valence-electron chi connectivity index (χ1n) is 6.54. The molecule has 0 spiro atoms. The number of benzene rings is 1. The van der Waals surface area contributed by atoms with Gasteiger partial charge in [0.05, 0.1) is 6.04 Å². The van der Waals surface area contributed by atoms with E-state index in [1.807, 2.05) is 0 Å². The molecular weight excluding hydrogens is 234 g/mol. The van der Waals surface area contributed by atoms with Crippen LogP contribution in [0.25, 0.3) is 0 Å². The van der Waals surface area contributed by atoms with Crippen LogP contribution in [0.4, 0.5) is 8.78 Å². The smallest absolute Gasteiger partial charge is 0.163 e. The standard InChI is InChI=1S/C14H20F2N2/c1-2-14(8-3-4-9-14)13(18-17)10-6-5-7-11(15)12(10)16/h5-7,13,18H,2-4,8-9,17H2,1H3. The summed E-state index contributed by atoms with van der Waals surface area (Å²) in [7, 11) is 0. The summed E-state index contributed by atoms with van der Waals surface area (Å²) in [5, 5.41) is 0. The van der Waals surface area contributed by atoms with Gasteiger partial charge in [0.1, 0.15) is 0 Å². The van der Waals surface area contributed by atoms with Crippen molar-refractivity contribution >= 4 is 0 Å². The molecule has 0 amide bonds. The van der Waals surface area contributed by atoms with Crippen LogP contribution in [0.5, 0.6) is 0 Å². The Balaban J connectivity index is 2.41. The van der Waals surface area contributed by atoms with Crippen molar-refractivity contribution in [2.75, 3.05) is 0 Å². The summed E-state index contributed by atoms with van der Waals surface area (Å²) in [6.45, 7) is 2.09. The molecule has 2 nitrogen and oxygen atoms in total. The molecule has 1 saturated carbocycles. The van der Waals surface area contributed by atoms with Gasteiger partial charge in [-0.05, 0) is 30.7 Å². The Kier molecular flexibility index (Phi) is 3.97. The fourth-order valence-corrected chi connectivity index (χ4v) is 3.27. The first-order chi connectivity index (χ1) is 8.64. The summed E-state index contributed by atoms with van der Waals surface area (Å²) >= 11 is 0. The second-order valence-electron chi connectivity index (χ2n) is 5.17. The third kappa shape index (κ3) is 2.15. The van der Waals surface area contributed by atoms with E-state index >= 15 is 0 Å². The summed E-state index contributed by atoms with van der Waals surface area (Å²) < 4.78 is 27.3. The van der Waals surface area contributed by atoms with Gasteiger partial charge in [0, 0.05) is 5.56 Å². The Morgan fingerprint density at radius 3 is 2.56 bits per heavy atom. The minimum absolute atomic E-state index is 0.0522. The molecule has 1 aromatic carbocycles. The maximum Gasteiger partial charge on any atom is 0.163 e. The van der Waals surface area contributed by atoms with Gasteiger partial charge in [0.25, 0.3) is 0 Å². The molecule has 0 saturated heterocycles. The van der Waals surface area contributed by atoms with E-state index in [9.17, 15) is 8.78 Å². The summed E-state index contributed by atoms with van der Waals surface area (Å²) in [4.78, 5) is 0. The Labute approximate surface area is 107 Å². The van der Waals surface area contributed by atoms with Crippen LogP contribution < -0.4 is 11.3 Å². The van der Waals surface area contributed by atoms with Gasteiger partial charge in [-0.3, -0.25) is 11.3 Å². The normalized spacial score (nSPS) is 20.0. The van der Waals surface area contributed by atoms with E-state index in [0.29, 0.717) is 5.56 Å². The maximum atomic E-state index is 13.9. The Bertz CT molecular complexity index is 414. The highest BCUT2D eigenvalue weighted by Crippen LogP contribution is 2.50. The number of hydrogen-bond donors (Lipinski definition) is 2. The van der Waals surface area contributed by atoms with Crippen molar-refractivity contribution in [2.24, 2.45) is 11.3 Å². The molecule has 0 heterocycles. The van der Waals surface area contributed by atoms with E-state index in [2.05, 4.69) is 12.3 Å². The molecule has 0 aliphatic heterocycles. The van der Waals surface area contributed by atoms with E-state index in [0.717, 1.165) is 38.2 Å². The van der Waals surface area contributed by atoms with E-state index in [4.69, 9.17) is 5.84 Å². The molecule has 3 N–H and O–H groups in total. The summed E-state index contributed by atoms with van der Waals surface area (Å²) in [5.41, 5.74) is 3.01. The monoisotopic (exact) mass is 254 g/mol. The third-order valence-corrected chi connectivity index (χ3v) is 4.37. The number of rotatable bonds is 4. The molecule has 1 aliphatic rings. The molecule has 1 aliphatic carbocycles. The van der Waals surface area contributed by atoms with Gasteiger partial charge in [-0.25, -0.2) is 8.78 Å². The van der Waals surface area contributed by atoms with Crippen LogP contribution in [-0.4, -0.2) is 0 Å². The summed E-state index contributed by atoms with van der Waals surface area (Å²) in [5.74, 6) is 4.04. The molecule has 1 fully saturated rings. The molecule has 0 bridgehead atoms. The van der Waals surface area contributed by atoms with E-state index in [-0.39, 0.29) is 11.5 Å². The minimum Gasteiger partial charge on any atom is -0.271 e. The molecule has 4 heteroatoms. The Morgan fingerprint density at radius 2 is 2.00 bits per heavy atom. The lowest BCUT2D eigenvalue weighted by Gasteiger charge is -2.37. The average Bonchev–Trinajstić information content (AvgIpc) is 2.85.